The van der Waals surface area contributed by atoms with Gasteiger partial charge < -0.3 is 5.32 Å². The first-order chi connectivity index (χ1) is 14.9. The number of hydrogen-bond acceptors (Lipinski definition) is 4. The van der Waals surface area contributed by atoms with Crippen LogP contribution in [0, 0.1) is 0 Å². The second kappa shape index (κ2) is 10.3. The summed E-state index contributed by atoms with van der Waals surface area (Å²) in [4.78, 5) is 17.2. The Morgan fingerprint density at radius 2 is 1.61 bits per heavy atom. The lowest BCUT2D eigenvalue weighted by atomic mass is 9.95. The average molecular weight is 438 g/mol. The molecule has 6 nitrogen and oxygen atoms in total. The minimum atomic E-state index is -3.40. The number of benzene rings is 2. The van der Waals surface area contributed by atoms with Gasteiger partial charge in [0.05, 0.1) is 5.25 Å². The highest BCUT2D eigenvalue weighted by molar-refractivity contribution is 7.90. The van der Waals surface area contributed by atoms with E-state index in [4.69, 9.17) is 0 Å². The van der Waals surface area contributed by atoms with Crippen molar-refractivity contribution in [1.82, 2.24) is 15.0 Å². The predicted molar refractivity (Wildman–Crippen MR) is 123 cm³/mol. The van der Waals surface area contributed by atoms with Crippen LogP contribution in [-0.4, -0.2) is 31.1 Å². The Morgan fingerprint density at radius 3 is 2.32 bits per heavy atom. The number of carbonyl (C=O) groups is 1. The number of aromatic nitrogens is 1. The fourth-order valence-electron chi connectivity index (χ4n) is 3.14. The van der Waals surface area contributed by atoms with Gasteiger partial charge in [-0.1, -0.05) is 48.5 Å². The van der Waals surface area contributed by atoms with Crippen molar-refractivity contribution in [2.24, 2.45) is 0 Å². The van der Waals surface area contributed by atoms with Crippen LogP contribution in [0.25, 0.3) is 11.1 Å². The molecule has 0 aliphatic heterocycles. The summed E-state index contributed by atoms with van der Waals surface area (Å²) in [6.45, 7) is 3.91. The van der Waals surface area contributed by atoms with E-state index in [1.807, 2.05) is 60.7 Å². The van der Waals surface area contributed by atoms with Crippen molar-refractivity contribution in [2.75, 3.05) is 6.54 Å². The van der Waals surface area contributed by atoms with Crippen LogP contribution in [0.3, 0.4) is 0 Å². The van der Waals surface area contributed by atoms with Crippen molar-refractivity contribution in [3.05, 3.63) is 89.7 Å². The van der Waals surface area contributed by atoms with Crippen molar-refractivity contribution in [2.45, 2.75) is 32.1 Å². The van der Waals surface area contributed by atoms with Crippen LogP contribution in [0.5, 0.6) is 0 Å². The second-order valence-corrected chi connectivity index (χ2v) is 9.77. The van der Waals surface area contributed by atoms with Gasteiger partial charge in [-0.15, -0.1) is 0 Å². The highest BCUT2D eigenvalue weighted by Crippen LogP contribution is 2.27. The van der Waals surface area contributed by atoms with Gasteiger partial charge >= 0.3 is 0 Å². The molecular weight excluding hydrogens is 410 g/mol. The number of carbonyl (C=O) groups excluding carboxylic acids is 1. The molecule has 1 amide bonds. The highest BCUT2D eigenvalue weighted by atomic mass is 32.2. The monoisotopic (exact) mass is 437 g/mol. The molecule has 1 heterocycles. The van der Waals surface area contributed by atoms with Gasteiger partial charge in [-0.25, -0.2) is 13.1 Å². The van der Waals surface area contributed by atoms with E-state index in [0.717, 1.165) is 22.4 Å². The maximum absolute atomic E-state index is 12.9. The van der Waals surface area contributed by atoms with Crippen LogP contribution in [0.15, 0.2) is 72.9 Å². The summed E-state index contributed by atoms with van der Waals surface area (Å²) in [5.41, 5.74) is 3.85. The molecule has 3 aromatic rings. The van der Waals surface area contributed by atoms with Gasteiger partial charge in [-0.2, -0.15) is 0 Å². The number of amides is 1. The molecule has 7 heteroatoms. The van der Waals surface area contributed by atoms with Gasteiger partial charge in [0, 0.05) is 37.0 Å². The Kier molecular flexibility index (Phi) is 7.55. The summed E-state index contributed by atoms with van der Waals surface area (Å²) < 4.78 is 27.0. The van der Waals surface area contributed by atoms with E-state index < -0.39 is 15.3 Å². The SMILES string of the molecule is CC(C)S(=O)(=O)NCc1ccccc1-c1ccccc1C(=O)NCCc1ccccn1. The first-order valence-electron chi connectivity index (χ1n) is 10.2. The maximum Gasteiger partial charge on any atom is 0.251 e. The molecular formula is C24H27N3O3S. The Morgan fingerprint density at radius 1 is 0.935 bits per heavy atom. The second-order valence-electron chi connectivity index (χ2n) is 7.44. The first kappa shape index (κ1) is 22.7. The maximum atomic E-state index is 12.9. The Bertz CT molecular complexity index is 1130. The molecule has 0 aliphatic carbocycles. The molecule has 2 N–H and O–H groups in total. The number of nitrogens with zero attached hydrogens (tertiary/aromatic N) is 1. The number of rotatable bonds is 9. The van der Waals surface area contributed by atoms with E-state index in [1.54, 1.807) is 26.1 Å². The lowest BCUT2D eigenvalue weighted by Crippen LogP contribution is -2.30. The molecule has 0 saturated carbocycles. The summed E-state index contributed by atoms with van der Waals surface area (Å²) in [6, 6.07) is 20.6. The summed E-state index contributed by atoms with van der Waals surface area (Å²) >= 11 is 0. The zero-order chi connectivity index (χ0) is 22.3. The zero-order valence-electron chi connectivity index (χ0n) is 17.7. The molecule has 0 unspecified atom stereocenters. The van der Waals surface area contributed by atoms with Gasteiger partial charge in [0.15, 0.2) is 0 Å². The van der Waals surface area contributed by atoms with Gasteiger partial charge in [-0.3, -0.25) is 9.78 Å². The van der Waals surface area contributed by atoms with Gasteiger partial charge in [0.1, 0.15) is 0 Å². The summed E-state index contributed by atoms with van der Waals surface area (Å²) in [7, 11) is -3.40. The fourth-order valence-corrected chi connectivity index (χ4v) is 3.83. The minimum Gasteiger partial charge on any atom is -0.352 e. The smallest absolute Gasteiger partial charge is 0.251 e. The topological polar surface area (TPSA) is 88.2 Å². The molecule has 3 rings (SSSR count). The van der Waals surface area contributed by atoms with E-state index in [2.05, 4.69) is 15.0 Å². The van der Waals surface area contributed by atoms with E-state index >= 15 is 0 Å². The third-order valence-corrected chi connectivity index (χ3v) is 6.74. The highest BCUT2D eigenvalue weighted by Gasteiger charge is 2.18. The molecule has 0 atom stereocenters. The predicted octanol–water partition coefficient (Wildman–Crippen LogP) is 3.55. The Hall–Kier alpha value is -3.03. The Balaban J connectivity index is 1.79. The van der Waals surface area contributed by atoms with E-state index in [9.17, 15) is 13.2 Å². The molecule has 1 aromatic heterocycles. The molecule has 0 radical (unpaired) electrons. The van der Waals surface area contributed by atoms with Crippen LogP contribution < -0.4 is 10.0 Å². The van der Waals surface area contributed by atoms with Crippen molar-refractivity contribution >= 4 is 15.9 Å². The Labute approximate surface area is 183 Å². The molecule has 2 aromatic carbocycles. The quantitative estimate of drug-likeness (QED) is 0.536. The van der Waals surface area contributed by atoms with Crippen molar-refractivity contribution in [3.63, 3.8) is 0 Å². The largest absolute Gasteiger partial charge is 0.352 e. The fraction of sp³-hybridized carbons (Fsp3) is 0.250. The molecule has 0 fully saturated rings. The van der Waals surface area contributed by atoms with Crippen molar-refractivity contribution < 1.29 is 13.2 Å². The third kappa shape index (κ3) is 5.99. The normalized spacial score (nSPS) is 11.5. The number of hydrogen-bond donors (Lipinski definition) is 2. The van der Waals surface area contributed by atoms with Crippen LogP contribution in [0.1, 0.15) is 35.5 Å². The standard InChI is InChI=1S/C24H27N3O3S/c1-18(2)31(29,30)27-17-19-9-3-4-11-21(19)22-12-5-6-13-23(22)24(28)26-16-14-20-10-7-8-15-25-20/h3-13,15,18,27H,14,16-17H2,1-2H3,(H,26,28). The lowest BCUT2D eigenvalue weighted by molar-refractivity contribution is 0.0954. The molecule has 0 aliphatic rings. The van der Waals surface area contributed by atoms with E-state index in [1.165, 1.54) is 0 Å². The summed E-state index contributed by atoms with van der Waals surface area (Å²) in [6.07, 6.45) is 2.37. The van der Waals surface area contributed by atoms with E-state index in [-0.39, 0.29) is 12.5 Å². The van der Waals surface area contributed by atoms with Crippen molar-refractivity contribution in [1.29, 1.82) is 0 Å². The molecule has 0 bridgehead atoms. The molecule has 162 valence electrons. The van der Waals surface area contributed by atoms with Crippen LogP contribution in [0.2, 0.25) is 0 Å². The van der Waals surface area contributed by atoms with Gasteiger partial charge in [0.25, 0.3) is 5.91 Å². The minimum absolute atomic E-state index is 0.159. The molecule has 0 saturated heterocycles. The van der Waals surface area contributed by atoms with Gasteiger partial charge in [0.2, 0.25) is 10.0 Å². The average Bonchev–Trinajstić information content (AvgIpc) is 2.78. The number of sulfonamides is 1. The first-order valence-corrected chi connectivity index (χ1v) is 11.8. The van der Waals surface area contributed by atoms with Crippen LogP contribution >= 0.6 is 0 Å². The van der Waals surface area contributed by atoms with Gasteiger partial charge in [-0.05, 0) is 48.7 Å². The van der Waals surface area contributed by atoms with Crippen molar-refractivity contribution in [3.8, 4) is 11.1 Å². The lowest BCUT2D eigenvalue weighted by Gasteiger charge is -2.15. The van der Waals surface area contributed by atoms with E-state index in [0.29, 0.717) is 18.5 Å². The van der Waals surface area contributed by atoms with Crippen LogP contribution in [0.4, 0.5) is 0 Å². The zero-order valence-corrected chi connectivity index (χ0v) is 18.5. The van der Waals surface area contributed by atoms with Crippen LogP contribution in [-0.2, 0) is 23.0 Å². The molecule has 0 spiro atoms. The number of nitrogens with one attached hydrogen (secondary N) is 2. The number of pyridine rings is 1. The summed E-state index contributed by atoms with van der Waals surface area (Å²) in [5.74, 6) is -0.177. The molecule has 31 heavy (non-hydrogen) atoms. The third-order valence-electron chi connectivity index (χ3n) is 4.96. The summed E-state index contributed by atoms with van der Waals surface area (Å²) in [5, 5.41) is 2.44.